The van der Waals surface area contributed by atoms with E-state index >= 15 is 0 Å². The number of para-hydroxylation sites is 1. The van der Waals surface area contributed by atoms with Crippen LogP contribution in [0.25, 0.3) is 0 Å². The number of ether oxygens (including phenoxy) is 2. The second kappa shape index (κ2) is 7.44. The highest BCUT2D eigenvalue weighted by Gasteiger charge is 2.12. The van der Waals surface area contributed by atoms with Crippen LogP contribution in [0, 0.1) is 0 Å². The fraction of sp³-hybridized carbons (Fsp3) is 0.385. The first-order valence-corrected chi connectivity index (χ1v) is 5.63. The van der Waals surface area contributed by atoms with Crippen LogP contribution >= 0.6 is 0 Å². The Morgan fingerprint density at radius 3 is 2.47 bits per heavy atom. The van der Waals surface area contributed by atoms with Gasteiger partial charge in [0.2, 0.25) is 0 Å². The average molecular weight is 236 g/mol. The van der Waals surface area contributed by atoms with Crippen molar-refractivity contribution >= 4 is 11.9 Å². The van der Waals surface area contributed by atoms with Crippen molar-refractivity contribution in [2.24, 2.45) is 0 Å². The Morgan fingerprint density at radius 2 is 1.82 bits per heavy atom. The Labute approximate surface area is 101 Å². The number of hydrogen-bond donors (Lipinski definition) is 0. The Hall–Kier alpha value is -1.84. The van der Waals surface area contributed by atoms with Gasteiger partial charge in [-0.25, -0.2) is 0 Å². The molecule has 0 atom stereocenters. The van der Waals surface area contributed by atoms with E-state index in [1.807, 2.05) is 13.0 Å². The topological polar surface area (TPSA) is 52.6 Å². The molecule has 0 N–H and O–H groups in total. The summed E-state index contributed by atoms with van der Waals surface area (Å²) in [6.45, 7) is 2.35. The Kier molecular flexibility index (Phi) is 5.79. The zero-order valence-corrected chi connectivity index (χ0v) is 9.85. The van der Waals surface area contributed by atoms with Crippen LogP contribution in [0.5, 0.6) is 5.75 Å². The molecule has 0 aliphatic carbocycles. The van der Waals surface area contributed by atoms with Crippen LogP contribution in [0.1, 0.15) is 26.2 Å². The second-order valence-electron chi connectivity index (χ2n) is 3.54. The summed E-state index contributed by atoms with van der Waals surface area (Å²) in [5, 5.41) is 0. The number of hydrogen-bond acceptors (Lipinski definition) is 4. The maximum atomic E-state index is 11.3. The molecule has 4 nitrogen and oxygen atoms in total. The Morgan fingerprint density at radius 1 is 1.12 bits per heavy atom. The van der Waals surface area contributed by atoms with E-state index in [2.05, 4.69) is 0 Å². The minimum atomic E-state index is -0.599. The van der Waals surface area contributed by atoms with E-state index in [1.165, 1.54) is 0 Å². The maximum Gasteiger partial charge on any atom is 0.322 e. The van der Waals surface area contributed by atoms with Crippen molar-refractivity contribution in [3.05, 3.63) is 30.3 Å². The van der Waals surface area contributed by atoms with Crippen LogP contribution < -0.4 is 4.74 Å². The van der Waals surface area contributed by atoms with Gasteiger partial charge in [0.1, 0.15) is 12.2 Å². The van der Waals surface area contributed by atoms with Crippen LogP contribution in [0.15, 0.2) is 30.3 Å². The summed E-state index contributed by atoms with van der Waals surface area (Å²) in [6.07, 6.45) is 1.40. The molecule has 1 rings (SSSR count). The number of carbonyl (C=O) groups is 2. The first kappa shape index (κ1) is 13.2. The monoisotopic (exact) mass is 236 g/mol. The number of benzene rings is 1. The summed E-state index contributed by atoms with van der Waals surface area (Å²) >= 11 is 0. The van der Waals surface area contributed by atoms with Gasteiger partial charge in [-0.2, -0.15) is 0 Å². The van der Waals surface area contributed by atoms with Crippen LogP contribution in [-0.2, 0) is 14.3 Å². The minimum Gasteiger partial charge on any atom is -0.465 e. The molecule has 0 aliphatic heterocycles. The van der Waals surface area contributed by atoms with Crippen molar-refractivity contribution < 1.29 is 19.1 Å². The van der Waals surface area contributed by atoms with Gasteiger partial charge in [0.05, 0.1) is 6.61 Å². The quantitative estimate of drug-likeness (QED) is 0.329. The summed E-state index contributed by atoms with van der Waals surface area (Å²) in [5.41, 5.74) is 0. The molecule has 4 heteroatoms. The van der Waals surface area contributed by atoms with Gasteiger partial charge < -0.3 is 9.47 Å². The van der Waals surface area contributed by atoms with E-state index in [0.29, 0.717) is 12.4 Å². The van der Waals surface area contributed by atoms with E-state index in [9.17, 15) is 9.59 Å². The lowest BCUT2D eigenvalue weighted by Crippen LogP contribution is -2.16. The van der Waals surface area contributed by atoms with Gasteiger partial charge in [-0.1, -0.05) is 31.5 Å². The molecule has 0 spiro atoms. The van der Waals surface area contributed by atoms with Crippen LogP contribution in [0.3, 0.4) is 0 Å². The predicted octanol–water partition coefficient (Wildman–Crippen LogP) is 2.33. The van der Waals surface area contributed by atoms with E-state index in [4.69, 9.17) is 9.47 Å². The third-order valence-corrected chi connectivity index (χ3v) is 2.02. The molecule has 0 aliphatic rings. The zero-order chi connectivity index (χ0) is 12.5. The number of rotatable bonds is 6. The molecular formula is C13H16O4. The number of esters is 2. The molecule has 0 radical (unpaired) electrons. The molecule has 0 amide bonds. The molecule has 17 heavy (non-hydrogen) atoms. The summed E-state index contributed by atoms with van der Waals surface area (Å²) < 4.78 is 9.80. The molecule has 0 heterocycles. The lowest BCUT2D eigenvalue weighted by Gasteiger charge is -2.04. The minimum absolute atomic E-state index is 0.349. The van der Waals surface area contributed by atoms with Crippen LogP contribution in [0.4, 0.5) is 0 Å². The smallest absolute Gasteiger partial charge is 0.322 e. The van der Waals surface area contributed by atoms with E-state index < -0.39 is 11.9 Å². The molecule has 0 fully saturated rings. The van der Waals surface area contributed by atoms with Gasteiger partial charge in [-0.15, -0.1) is 0 Å². The summed E-state index contributed by atoms with van der Waals surface area (Å²) in [6, 6.07) is 8.63. The molecule has 0 unspecified atom stereocenters. The maximum absolute atomic E-state index is 11.3. The van der Waals surface area contributed by atoms with Crippen molar-refractivity contribution in [3.63, 3.8) is 0 Å². The Bertz CT molecular complexity index is 359. The first-order valence-electron chi connectivity index (χ1n) is 5.63. The molecule has 1 aromatic carbocycles. The highest BCUT2D eigenvalue weighted by molar-refractivity contribution is 5.92. The van der Waals surface area contributed by atoms with Crippen molar-refractivity contribution in [2.45, 2.75) is 26.2 Å². The third kappa shape index (κ3) is 5.70. The molecule has 0 bridgehead atoms. The SMILES string of the molecule is CCCCOC(=O)CC(=O)Oc1ccccc1. The van der Waals surface area contributed by atoms with Crippen LogP contribution in [-0.4, -0.2) is 18.5 Å². The Balaban J connectivity index is 2.27. The lowest BCUT2D eigenvalue weighted by atomic mass is 10.3. The molecule has 0 saturated heterocycles. The summed E-state index contributed by atoms with van der Waals surface area (Å²) in [4.78, 5) is 22.5. The third-order valence-electron chi connectivity index (χ3n) is 2.02. The highest BCUT2D eigenvalue weighted by Crippen LogP contribution is 2.09. The number of unbranched alkanes of at least 4 members (excludes halogenated alkanes) is 1. The second-order valence-corrected chi connectivity index (χ2v) is 3.54. The molecule has 1 aromatic rings. The van der Waals surface area contributed by atoms with Gasteiger partial charge in [-0.05, 0) is 18.6 Å². The standard InChI is InChI=1S/C13H16O4/c1-2-3-9-16-12(14)10-13(15)17-11-7-5-4-6-8-11/h4-8H,2-3,9-10H2,1H3. The van der Waals surface area contributed by atoms with Gasteiger partial charge in [0.25, 0.3) is 0 Å². The van der Waals surface area contributed by atoms with Crippen molar-refractivity contribution in [1.29, 1.82) is 0 Å². The van der Waals surface area contributed by atoms with Crippen molar-refractivity contribution in [3.8, 4) is 5.75 Å². The normalized spacial score (nSPS) is 9.71. The van der Waals surface area contributed by atoms with Crippen molar-refractivity contribution in [2.75, 3.05) is 6.61 Å². The van der Waals surface area contributed by atoms with E-state index in [1.54, 1.807) is 24.3 Å². The van der Waals surface area contributed by atoms with Gasteiger partial charge >= 0.3 is 11.9 Å². The summed E-state index contributed by atoms with van der Waals surface area (Å²) in [7, 11) is 0. The molecule has 92 valence electrons. The first-order chi connectivity index (χ1) is 8.22. The van der Waals surface area contributed by atoms with Crippen LogP contribution in [0.2, 0.25) is 0 Å². The van der Waals surface area contributed by atoms with Gasteiger partial charge in [0, 0.05) is 0 Å². The van der Waals surface area contributed by atoms with E-state index in [0.717, 1.165) is 12.8 Å². The van der Waals surface area contributed by atoms with Gasteiger partial charge in [-0.3, -0.25) is 9.59 Å². The zero-order valence-electron chi connectivity index (χ0n) is 9.85. The van der Waals surface area contributed by atoms with E-state index in [-0.39, 0.29) is 6.42 Å². The average Bonchev–Trinajstić information content (AvgIpc) is 2.30. The molecular weight excluding hydrogens is 220 g/mol. The molecule has 0 saturated carbocycles. The van der Waals surface area contributed by atoms with Gasteiger partial charge in [0.15, 0.2) is 0 Å². The molecule has 0 aromatic heterocycles. The fourth-order valence-electron chi connectivity index (χ4n) is 1.16. The summed E-state index contributed by atoms with van der Waals surface area (Å²) in [5.74, 6) is -0.712. The lowest BCUT2D eigenvalue weighted by molar-refractivity contribution is -0.150. The predicted molar refractivity (Wildman–Crippen MR) is 62.6 cm³/mol. The fourth-order valence-corrected chi connectivity index (χ4v) is 1.16. The largest absolute Gasteiger partial charge is 0.465 e. The van der Waals surface area contributed by atoms with Crippen molar-refractivity contribution in [1.82, 2.24) is 0 Å². The highest BCUT2D eigenvalue weighted by atomic mass is 16.6. The number of carbonyl (C=O) groups excluding carboxylic acids is 2.